The Morgan fingerprint density at radius 2 is 0.584 bits per heavy atom. The molecule has 0 saturated carbocycles. The molecule has 0 amide bonds. The standard InChI is InChI=1S/C96H63BN4/c1-8-28-64(29-9-1)71-50-56-88-82(58-71)80-42-22-24-48-86(80)98(88)74-52-54-84-90(62-74)100(95-76(67-34-14-4-15-35-67)44-26-45-77(95)68-36-16-5-17-37-68)92-60-73(66-32-12-3-13-33-66)61-93-94(92)97(84)85-55-53-75(99-87-49-25-23-43-81(87)83-59-72(51-57-89(83)99)65-30-10-2-11-31-65)63-91(85)101(93)96-78(69-38-18-6-19-39-69)46-27-47-79(96)70-40-20-7-21-41-70/h1-63H/i1D,2D,8D,9D,10D,11D,22D,23D,24D,25D,28D,29D,30D,31D,42D,43D,48D,49D,50D,51D,52D,53D,54D,55D,56D,57D,58D,59D,62D,63D. The van der Waals surface area contributed by atoms with Gasteiger partial charge in [-0.05, 0) is 145 Å². The third-order valence-corrected chi connectivity index (χ3v) is 18.8. The third kappa shape index (κ3) is 9.46. The molecule has 0 fully saturated rings. The Kier molecular flexibility index (Phi) is 8.33. The van der Waals surface area contributed by atoms with E-state index in [0.717, 1.165) is 9.13 Å². The largest absolute Gasteiger partial charge is 0.310 e. The molecule has 0 N–H and O–H groups in total. The van der Waals surface area contributed by atoms with Crippen molar-refractivity contribution in [3.8, 4) is 89.3 Å². The minimum Gasteiger partial charge on any atom is -0.310 e. The maximum absolute atomic E-state index is 11.8. The molecule has 0 saturated heterocycles. The number of rotatable bonds is 11. The number of nitrogens with zero attached hydrogens (tertiary/aromatic N) is 4. The van der Waals surface area contributed by atoms with E-state index in [2.05, 4.69) is 0 Å². The van der Waals surface area contributed by atoms with E-state index in [9.17, 15) is 32.9 Å². The summed E-state index contributed by atoms with van der Waals surface area (Å²) in [4.78, 5) is 3.50. The van der Waals surface area contributed by atoms with Crippen molar-refractivity contribution in [3.05, 3.63) is 381 Å². The number of anilines is 6. The summed E-state index contributed by atoms with van der Waals surface area (Å²) >= 11 is 0. The molecule has 0 unspecified atom stereocenters. The molecule has 18 aromatic rings. The summed E-state index contributed by atoms with van der Waals surface area (Å²) in [5.74, 6) is 0. The van der Waals surface area contributed by atoms with Crippen LogP contribution in [0.4, 0.5) is 34.1 Å². The topological polar surface area (TPSA) is 16.3 Å². The van der Waals surface area contributed by atoms with Gasteiger partial charge in [0.25, 0.3) is 6.71 Å². The monoisotopic (exact) mass is 1310 g/mol. The Balaban J connectivity index is 1.03. The minimum absolute atomic E-state index is 0.167. The van der Waals surface area contributed by atoms with Crippen molar-refractivity contribution in [2.75, 3.05) is 9.80 Å². The summed E-state index contributed by atoms with van der Waals surface area (Å²) in [5.41, 5.74) is -1.46. The Morgan fingerprint density at radius 3 is 0.970 bits per heavy atom. The quantitative estimate of drug-likeness (QED) is 0.120. The second-order valence-corrected chi connectivity index (χ2v) is 24.3. The van der Waals surface area contributed by atoms with Crippen LogP contribution in [0.25, 0.3) is 133 Å². The molecule has 0 atom stereocenters. The fourth-order valence-electron chi connectivity index (χ4n) is 14.5. The van der Waals surface area contributed by atoms with Gasteiger partial charge < -0.3 is 18.9 Å². The summed E-state index contributed by atoms with van der Waals surface area (Å²) in [6.45, 7) is -1.79. The van der Waals surface area contributed by atoms with Gasteiger partial charge in [0.2, 0.25) is 0 Å². The number of benzene rings is 16. The molecule has 4 nitrogen and oxygen atoms in total. The van der Waals surface area contributed by atoms with Crippen LogP contribution in [0.5, 0.6) is 0 Å². The number of fused-ring (bicyclic) bond motifs is 10. The lowest BCUT2D eigenvalue weighted by Crippen LogP contribution is -2.61. The van der Waals surface area contributed by atoms with E-state index in [1.807, 2.05) is 200 Å². The van der Waals surface area contributed by atoms with E-state index in [-0.39, 0.29) is 39.1 Å². The predicted octanol–water partition coefficient (Wildman–Crippen LogP) is 23.6. The fourth-order valence-corrected chi connectivity index (χ4v) is 14.5. The summed E-state index contributed by atoms with van der Waals surface area (Å²) in [5, 5.41) is -2.15. The molecule has 0 spiro atoms. The van der Waals surface area contributed by atoms with E-state index in [4.69, 9.17) is 8.22 Å². The first kappa shape index (κ1) is 35.3. The van der Waals surface area contributed by atoms with E-state index in [1.54, 1.807) is 9.80 Å². The highest BCUT2D eigenvalue weighted by molar-refractivity contribution is 7.00. The molecule has 2 aliphatic rings. The van der Waals surface area contributed by atoms with Gasteiger partial charge in [0, 0.05) is 77.9 Å². The Labute approximate surface area is 629 Å². The number of aromatic nitrogens is 2. The molecule has 4 heterocycles. The van der Waals surface area contributed by atoms with Crippen molar-refractivity contribution in [1.82, 2.24) is 9.13 Å². The van der Waals surface area contributed by atoms with Crippen molar-refractivity contribution in [3.63, 3.8) is 0 Å². The second-order valence-electron chi connectivity index (χ2n) is 24.3. The molecular weight excluding hydrogens is 1220 g/mol. The lowest BCUT2D eigenvalue weighted by Gasteiger charge is -2.46. The lowest BCUT2D eigenvalue weighted by molar-refractivity contribution is 1.17. The molecule has 0 aliphatic carbocycles. The molecule has 101 heavy (non-hydrogen) atoms. The van der Waals surface area contributed by atoms with E-state index in [1.165, 1.54) is 0 Å². The average molecular weight is 1310 g/mol. The van der Waals surface area contributed by atoms with Crippen LogP contribution in [-0.4, -0.2) is 15.8 Å². The highest BCUT2D eigenvalue weighted by atomic mass is 15.2. The zero-order valence-corrected chi connectivity index (χ0v) is 52.9. The van der Waals surface area contributed by atoms with Crippen LogP contribution in [0.3, 0.4) is 0 Å². The maximum Gasteiger partial charge on any atom is 0.252 e. The zero-order chi connectivity index (χ0) is 92.6. The molecule has 20 rings (SSSR count). The van der Waals surface area contributed by atoms with Gasteiger partial charge in [0.05, 0.1) is 74.6 Å². The van der Waals surface area contributed by atoms with Crippen LogP contribution < -0.4 is 26.2 Å². The maximum atomic E-state index is 11.8. The molecule has 0 bridgehead atoms. The van der Waals surface area contributed by atoms with Crippen LogP contribution in [-0.2, 0) is 0 Å². The van der Waals surface area contributed by atoms with Crippen molar-refractivity contribution < 1.29 is 41.1 Å². The third-order valence-electron chi connectivity index (χ3n) is 18.8. The van der Waals surface area contributed by atoms with Crippen LogP contribution in [0, 0.1) is 0 Å². The molecule has 5 heteroatoms. The molecule has 2 aromatic heterocycles. The fraction of sp³-hybridized carbons (Fsp3) is 0. The molecule has 16 aromatic carbocycles. The zero-order valence-electron chi connectivity index (χ0n) is 82.9. The van der Waals surface area contributed by atoms with E-state index in [0.29, 0.717) is 67.0 Å². The molecule has 0 radical (unpaired) electrons. The predicted molar refractivity (Wildman–Crippen MR) is 427 cm³/mol. The Bertz CT molecular complexity index is 7530. The first-order valence-corrected chi connectivity index (χ1v) is 32.5. The Morgan fingerprint density at radius 1 is 0.238 bits per heavy atom. The van der Waals surface area contributed by atoms with Gasteiger partial charge in [-0.25, -0.2) is 0 Å². The second kappa shape index (κ2) is 23.8. The smallest absolute Gasteiger partial charge is 0.252 e. The first-order valence-electron chi connectivity index (χ1n) is 47.5. The van der Waals surface area contributed by atoms with Crippen molar-refractivity contribution >= 4 is 101 Å². The van der Waals surface area contributed by atoms with Gasteiger partial charge in [-0.2, -0.15) is 0 Å². The van der Waals surface area contributed by atoms with E-state index < -0.39 is 265 Å². The summed E-state index contributed by atoms with van der Waals surface area (Å²) in [6, 6.07) is 34.7. The van der Waals surface area contributed by atoms with Gasteiger partial charge in [-0.3, -0.25) is 0 Å². The first-order chi connectivity index (χ1) is 62.7. The highest BCUT2D eigenvalue weighted by Crippen LogP contribution is 2.54. The van der Waals surface area contributed by atoms with Crippen molar-refractivity contribution in [2.24, 2.45) is 0 Å². The van der Waals surface area contributed by atoms with Gasteiger partial charge in [-0.1, -0.05) is 309 Å². The summed E-state index contributed by atoms with van der Waals surface area (Å²) < 4.78 is 298. The average Bonchev–Trinajstić information content (AvgIpc) is 1.49. The van der Waals surface area contributed by atoms with Crippen molar-refractivity contribution in [2.45, 2.75) is 0 Å². The van der Waals surface area contributed by atoms with Crippen molar-refractivity contribution in [1.29, 1.82) is 0 Å². The van der Waals surface area contributed by atoms with Gasteiger partial charge >= 0.3 is 0 Å². The number of para-hydroxylation sites is 4. The molecule has 470 valence electrons. The van der Waals surface area contributed by atoms with Gasteiger partial charge in [-0.15, -0.1) is 0 Å². The highest BCUT2D eigenvalue weighted by Gasteiger charge is 2.46. The Hall–Kier alpha value is -13.2. The van der Waals surface area contributed by atoms with Gasteiger partial charge in [0.1, 0.15) is 0 Å². The lowest BCUT2D eigenvalue weighted by atomic mass is 9.33. The number of hydrogen-bond donors (Lipinski definition) is 0. The molecule has 2 aliphatic heterocycles. The summed E-state index contributed by atoms with van der Waals surface area (Å²) in [6.07, 6.45) is 0. The van der Waals surface area contributed by atoms with Crippen LogP contribution in [0.15, 0.2) is 381 Å². The minimum atomic E-state index is -1.79. The van der Waals surface area contributed by atoms with Crippen LogP contribution in [0.2, 0.25) is 0 Å². The van der Waals surface area contributed by atoms with Crippen LogP contribution >= 0.6 is 0 Å². The normalized spacial score (nSPS) is 16.5. The van der Waals surface area contributed by atoms with Crippen LogP contribution in [0.1, 0.15) is 41.1 Å². The number of hydrogen-bond acceptors (Lipinski definition) is 2. The SMILES string of the molecule is [2H]c1c([2H])c([2H])c(-c2c([2H])c([2H])c3c(c2[2H])c2c([2H])c([2H])c([2H])c([2H])c2n3-c2c([2H])c([2H])c3c(c2[2H])N(c2c(-c4ccccc4)cccc2-c2ccccc2)c2cc(-c4ccccc4)cc4c2B3c2c([2H])c([2H])c(-n3c5c([2H])c([2H])c([2H])c([2H])c5c5c([2H])c(-c6c([2H])c([2H])c([2H])c([2H])c6[2H])c([2H])c([2H])c53)c([2H])c2N4c2c(-c3ccccc3)cccc2-c2ccccc2)c([2H])c1[2H]. The molecular formula is C96H63BN4. The van der Waals surface area contributed by atoms with Gasteiger partial charge in [0.15, 0.2) is 0 Å². The van der Waals surface area contributed by atoms with E-state index >= 15 is 0 Å². The summed E-state index contributed by atoms with van der Waals surface area (Å²) in [7, 11) is 0.